The second kappa shape index (κ2) is 8.63. The summed E-state index contributed by atoms with van der Waals surface area (Å²) >= 11 is 11.8. The lowest BCUT2D eigenvalue weighted by molar-refractivity contribution is 0.0162. The molecule has 0 saturated carbocycles. The fraction of sp³-hybridized carbons (Fsp3) is 0.333. The topological polar surface area (TPSA) is 54.5 Å². The number of carbonyl (C=O) groups excluding carboxylic acids is 1. The van der Waals surface area contributed by atoms with Crippen molar-refractivity contribution in [3.8, 4) is 0 Å². The first-order valence-corrected chi connectivity index (χ1v) is 8.86. The summed E-state index contributed by atoms with van der Waals surface area (Å²) in [4.78, 5) is 18.6. The smallest absolute Gasteiger partial charge is 0.252 e. The maximum absolute atomic E-state index is 12.4. The average molecular weight is 380 g/mol. The molecule has 1 atom stereocenters. The van der Waals surface area contributed by atoms with Gasteiger partial charge in [-0.2, -0.15) is 0 Å². The number of carbonyl (C=O) groups is 1. The van der Waals surface area contributed by atoms with E-state index < -0.39 is 0 Å². The molecular weight excluding hydrogens is 361 g/mol. The van der Waals surface area contributed by atoms with Crippen molar-refractivity contribution in [3.63, 3.8) is 0 Å². The highest BCUT2D eigenvalue weighted by Crippen LogP contribution is 2.23. The van der Waals surface area contributed by atoms with E-state index in [0.29, 0.717) is 35.5 Å². The summed E-state index contributed by atoms with van der Waals surface area (Å²) in [6.45, 7) is 3.53. The molecule has 5 nitrogen and oxygen atoms in total. The lowest BCUT2D eigenvalue weighted by atomic mass is 10.0. The van der Waals surface area contributed by atoms with Crippen molar-refractivity contribution in [1.82, 2.24) is 15.2 Å². The normalized spacial score (nSPS) is 16.4. The third-order valence-corrected chi connectivity index (χ3v) is 4.66. The van der Waals surface area contributed by atoms with Gasteiger partial charge in [-0.3, -0.25) is 9.69 Å². The van der Waals surface area contributed by atoms with Crippen LogP contribution >= 0.6 is 23.2 Å². The molecule has 1 fully saturated rings. The van der Waals surface area contributed by atoms with Gasteiger partial charge in [0.1, 0.15) is 5.15 Å². The van der Waals surface area contributed by atoms with E-state index in [2.05, 4.69) is 15.2 Å². The van der Waals surface area contributed by atoms with Crippen molar-refractivity contribution in [2.75, 3.05) is 32.8 Å². The Hall–Kier alpha value is -1.66. The standard InChI is InChI=1S/C18H19Cl2N3O2/c19-15-4-1-13(2-5-15)16(23-7-9-25-10-8-23)12-22-18(24)14-3-6-17(20)21-11-14/h1-6,11,16H,7-10,12H2,(H,22,24). The van der Waals surface area contributed by atoms with Crippen molar-refractivity contribution >= 4 is 29.1 Å². The Morgan fingerprint density at radius 3 is 2.52 bits per heavy atom. The Labute approximate surface area is 156 Å². The number of pyridine rings is 1. The maximum atomic E-state index is 12.4. The molecule has 0 bridgehead atoms. The van der Waals surface area contributed by atoms with Crippen LogP contribution in [-0.4, -0.2) is 48.6 Å². The van der Waals surface area contributed by atoms with E-state index in [9.17, 15) is 4.79 Å². The molecule has 3 rings (SSSR count). The van der Waals surface area contributed by atoms with Gasteiger partial charge in [0.2, 0.25) is 0 Å². The van der Waals surface area contributed by atoms with Crippen LogP contribution in [0.15, 0.2) is 42.6 Å². The number of benzene rings is 1. The summed E-state index contributed by atoms with van der Waals surface area (Å²) < 4.78 is 5.44. The summed E-state index contributed by atoms with van der Waals surface area (Å²) in [6, 6.07) is 11.1. The molecule has 1 aromatic carbocycles. The average Bonchev–Trinajstić information content (AvgIpc) is 2.64. The zero-order valence-electron chi connectivity index (χ0n) is 13.6. The van der Waals surface area contributed by atoms with Crippen molar-refractivity contribution < 1.29 is 9.53 Å². The predicted octanol–water partition coefficient (Wildman–Crippen LogP) is 3.19. The fourth-order valence-electron chi connectivity index (χ4n) is 2.83. The monoisotopic (exact) mass is 379 g/mol. The van der Waals surface area contributed by atoms with E-state index in [1.54, 1.807) is 12.1 Å². The molecule has 2 aromatic rings. The van der Waals surface area contributed by atoms with Crippen LogP contribution in [0.2, 0.25) is 10.2 Å². The van der Waals surface area contributed by atoms with Crippen LogP contribution in [0.4, 0.5) is 0 Å². The molecule has 1 aliphatic rings. The van der Waals surface area contributed by atoms with Crippen LogP contribution in [0.3, 0.4) is 0 Å². The van der Waals surface area contributed by atoms with Gasteiger partial charge < -0.3 is 10.1 Å². The van der Waals surface area contributed by atoms with Gasteiger partial charge in [-0.05, 0) is 29.8 Å². The van der Waals surface area contributed by atoms with E-state index in [1.165, 1.54) is 6.20 Å². The first-order chi connectivity index (χ1) is 12.1. The highest BCUT2D eigenvalue weighted by molar-refractivity contribution is 6.30. The summed E-state index contributed by atoms with van der Waals surface area (Å²) in [5.41, 5.74) is 1.60. The molecule has 25 heavy (non-hydrogen) atoms. The zero-order chi connectivity index (χ0) is 17.6. The molecule has 1 N–H and O–H groups in total. The fourth-order valence-corrected chi connectivity index (χ4v) is 3.07. The van der Waals surface area contributed by atoms with Gasteiger partial charge >= 0.3 is 0 Å². The highest BCUT2D eigenvalue weighted by atomic mass is 35.5. The number of aromatic nitrogens is 1. The first kappa shape index (κ1) is 18.1. The minimum atomic E-state index is -0.170. The lowest BCUT2D eigenvalue weighted by Gasteiger charge is -2.35. The van der Waals surface area contributed by atoms with E-state index in [1.807, 2.05) is 24.3 Å². The van der Waals surface area contributed by atoms with Crippen LogP contribution in [0.25, 0.3) is 0 Å². The Kier molecular flexibility index (Phi) is 6.26. The Morgan fingerprint density at radius 1 is 1.16 bits per heavy atom. The number of halogens is 2. The van der Waals surface area contributed by atoms with Gasteiger partial charge in [0.05, 0.1) is 24.8 Å². The molecule has 7 heteroatoms. The highest BCUT2D eigenvalue weighted by Gasteiger charge is 2.23. The molecule has 1 saturated heterocycles. The van der Waals surface area contributed by atoms with Gasteiger partial charge in [0.15, 0.2) is 0 Å². The number of nitrogens with zero attached hydrogens (tertiary/aromatic N) is 2. The van der Waals surface area contributed by atoms with Crippen molar-refractivity contribution in [2.24, 2.45) is 0 Å². The Morgan fingerprint density at radius 2 is 1.88 bits per heavy atom. The summed E-state index contributed by atoms with van der Waals surface area (Å²) in [6.07, 6.45) is 1.48. The minimum absolute atomic E-state index is 0.0605. The van der Waals surface area contributed by atoms with Crippen molar-refractivity contribution in [1.29, 1.82) is 0 Å². The molecule has 1 unspecified atom stereocenters. The molecule has 1 amide bonds. The van der Waals surface area contributed by atoms with Crippen LogP contribution in [0.1, 0.15) is 22.0 Å². The number of nitrogens with one attached hydrogen (secondary N) is 1. The van der Waals surface area contributed by atoms with E-state index >= 15 is 0 Å². The zero-order valence-corrected chi connectivity index (χ0v) is 15.1. The number of amides is 1. The van der Waals surface area contributed by atoms with Crippen molar-refractivity contribution in [3.05, 3.63) is 63.9 Å². The number of hydrogen-bond donors (Lipinski definition) is 1. The molecule has 0 aliphatic carbocycles. The molecule has 1 aromatic heterocycles. The van der Waals surface area contributed by atoms with E-state index in [-0.39, 0.29) is 11.9 Å². The van der Waals surface area contributed by atoms with Gasteiger partial charge in [-0.1, -0.05) is 35.3 Å². The van der Waals surface area contributed by atoms with Crippen LogP contribution in [-0.2, 0) is 4.74 Å². The van der Waals surface area contributed by atoms with Gasteiger partial charge in [0, 0.05) is 30.9 Å². The third-order valence-electron chi connectivity index (χ3n) is 4.19. The van der Waals surface area contributed by atoms with Gasteiger partial charge in [0.25, 0.3) is 5.91 Å². The van der Waals surface area contributed by atoms with E-state index in [4.69, 9.17) is 27.9 Å². The molecule has 0 spiro atoms. The predicted molar refractivity (Wildman–Crippen MR) is 98.2 cm³/mol. The summed E-state index contributed by atoms with van der Waals surface area (Å²) in [5, 5.41) is 4.05. The van der Waals surface area contributed by atoms with Gasteiger partial charge in [-0.25, -0.2) is 4.98 Å². The maximum Gasteiger partial charge on any atom is 0.252 e. The van der Waals surface area contributed by atoms with E-state index in [0.717, 1.165) is 18.7 Å². The quantitative estimate of drug-likeness (QED) is 0.810. The second-order valence-corrected chi connectivity index (χ2v) is 6.62. The number of morpholine rings is 1. The summed E-state index contributed by atoms with van der Waals surface area (Å²) in [5.74, 6) is -0.170. The molecule has 132 valence electrons. The number of hydrogen-bond acceptors (Lipinski definition) is 4. The lowest BCUT2D eigenvalue weighted by Crippen LogP contribution is -2.43. The second-order valence-electron chi connectivity index (χ2n) is 5.80. The summed E-state index contributed by atoms with van der Waals surface area (Å²) in [7, 11) is 0. The molecule has 1 aliphatic heterocycles. The van der Waals surface area contributed by atoms with Crippen LogP contribution in [0.5, 0.6) is 0 Å². The Bertz CT molecular complexity index is 701. The largest absolute Gasteiger partial charge is 0.379 e. The number of rotatable bonds is 5. The van der Waals surface area contributed by atoms with Crippen molar-refractivity contribution in [2.45, 2.75) is 6.04 Å². The van der Waals surface area contributed by atoms with Crippen LogP contribution < -0.4 is 5.32 Å². The molecule has 0 radical (unpaired) electrons. The molecular formula is C18H19Cl2N3O2. The van der Waals surface area contributed by atoms with Gasteiger partial charge in [-0.15, -0.1) is 0 Å². The minimum Gasteiger partial charge on any atom is -0.379 e. The van der Waals surface area contributed by atoms with Crippen LogP contribution in [0, 0.1) is 0 Å². The molecule has 2 heterocycles. The third kappa shape index (κ3) is 4.92. The number of ether oxygens (including phenoxy) is 1. The SMILES string of the molecule is O=C(NCC(c1ccc(Cl)cc1)N1CCOCC1)c1ccc(Cl)nc1. The Balaban J connectivity index is 1.71. The first-order valence-electron chi connectivity index (χ1n) is 8.10.